The van der Waals surface area contributed by atoms with Crippen LogP contribution in [-0.2, 0) is 16.0 Å². The van der Waals surface area contributed by atoms with Crippen LogP contribution in [0, 0.1) is 5.82 Å². The molecule has 0 spiro atoms. The van der Waals surface area contributed by atoms with Crippen LogP contribution in [0.3, 0.4) is 0 Å². The summed E-state index contributed by atoms with van der Waals surface area (Å²) >= 11 is 0. The second-order valence-electron chi connectivity index (χ2n) is 5.46. The second-order valence-corrected chi connectivity index (χ2v) is 5.46. The number of hydrogen-bond donors (Lipinski definition) is 1. The van der Waals surface area contributed by atoms with Gasteiger partial charge in [0.1, 0.15) is 11.9 Å². The molecule has 2 atom stereocenters. The number of nitrogens with zero attached hydrogens (tertiary/aromatic N) is 1. The maximum Gasteiger partial charge on any atom is 0.245 e. The highest BCUT2D eigenvalue weighted by Crippen LogP contribution is 2.31. The zero-order valence-electron chi connectivity index (χ0n) is 11.4. The molecule has 0 aromatic heterocycles. The van der Waals surface area contributed by atoms with Gasteiger partial charge in [-0.25, -0.2) is 4.39 Å². The highest BCUT2D eigenvalue weighted by molar-refractivity contribution is 5.91. The van der Waals surface area contributed by atoms with E-state index in [-0.39, 0.29) is 23.7 Å². The van der Waals surface area contributed by atoms with Gasteiger partial charge in [-0.2, -0.15) is 0 Å². The molecule has 1 saturated heterocycles. The number of fused-ring (bicyclic) bond motifs is 1. The fourth-order valence-corrected chi connectivity index (χ4v) is 3.09. The number of carbonyl (C=O) groups is 2. The van der Waals surface area contributed by atoms with Gasteiger partial charge >= 0.3 is 0 Å². The van der Waals surface area contributed by atoms with Crippen LogP contribution in [0.4, 0.5) is 4.39 Å². The summed E-state index contributed by atoms with van der Waals surface area (Å²) in [5.74, 6) is -0.406. The summed E-state index contributed by atoms with van der Waals surface area (Å²) in [7, 11) is 0. The number of benzene rings is 1. The summed E-state index contributed by atoms with van der Waals surface area (Å²) in [6.07, 6.45) is 1.69. The Labute approximate surface area is 117 Å². The van der Waals surface area contributed by atoms with Crippen LogP contribution >= 0.6 is 0 Å². The minimum absolute atomic E-state index is 0.0572. The van der Waals surface area contributed by atoms with Gasteiger partial charge in [-0.1, -0.05) is 6.07 Å². The molecule has 0 aliphatic carbocycles. The summed E-state index contributed by atoms with van der Waals surface area (Å²) in [4.78, 5) is 25.5. The highest BCUT2D eigenvalue weighted by Gasteiger charge is 2.35. The van der Waals surface area contributed by atoms with Gasteiger partial charge in [0.25, 0.3) is 0 Å². The third-order valence-electron chi connectivity index (χ3n) is 4.22. The molecule has 0 radical (unpaired) electrons. The maximum absolute atomic E-state index is 13.4. The topological polar surface area (TPSA) is 49.4 Å². The number of nitrogens with one attached hydrogen (secondary N) is 1. The van der Waals surface area contributed by atoms with Crippen LogP contribution in [0.1, 0.15) is 36.9 Å². The lowest BCUT2D eigenvalue weighted by Crippen LogP contribution is -2.47. The van der Waals surface area contributed by atoms with Crippen LogP contribution in [-0.4, -0.2) is 29.3 Å². The zero-order valence-corrected chi connectivity index (χ0v) is 11.4. The molecular formula is C15H17FN2O2. The zero-order chi connectivity index (χ0) is 14.3. The molecule has 20 heavy (non-hydrogen) atoms. The largest absolute Gasteiger partial charge is 0.344 e. The van der Waals surface area contributed by atoms with E-state index in [1.165, 1.54) is 12.1 Å². The molecule has 106 valence electrons. The van der Waals surface area contributed by atoms with Crippen molar-refractivity contribution in [3.05, 3.63) is 35.1 Å². The van der Waals surface area contributed by atoms with Crippen molar-refractivity contribution in [3.8, 4) is 0 Å². The molecule has 1 aromatic carbocycles. The molecule has 2 amide bonds. The van der Waals surface area contributed by atoms with E-state index in [4.69, 9.17) is 0 Å². The van der Waals surface area contributed by atoms with Gasteiger partial charge in [-0.05, 0) is 43.0 Å². The first-order valence-corrected chi connectivity index (χ1v) is 6.94. The third-order valence-corrected chi connectivity index (χ3v) is 4.22. The standard InChI is InChI=1S/C15H17FN2O2/c1-9-12-8-11(16)3-2-10(12)6-7-18(9)15(20)13-4-5-14(19)17-13/h2-3,8-9,13H,4-7H2,1H3,(H,17,19)/t9?,13-/m1/s1. The van der Waals surface area contributed by atoms with Crippen LogP contribution < -0.4 is 5.32 Å². The van der Waals surface area contributed by atoms with Crippen molar-refractivity contribution in [1.82, 2.24) is 10.2 Å². The second kappa shape index (κ2) is 4.89. The fourth-order valence-electron chi connectivity index (χ4n) is 3.09. The molecule has 2 aliphatic rings. The van der Waals surface area contributed by atoms with E-state index in [1.807, 2.05) is 6.92 Å². The lowest BCUT2D eigenvalue weighted by molar-refractivity contribution is -0.136. The van der Waals surface area contributed by atoms with Crippen molar-refractivity contribution in [2.75, 3.05) is 6.54 Å². The van der Waals surface area contributed by atoms with Crippen LogP contribution in [0.25, 0.3) is 0 Å². The Morgan fingerprint density at radius 1 is 1.40 bits per heavy atom. The Morgan fingerprint density at radius 3 is 2.90 bits per heavy atom. The average molecular weight is 276 g/mol. The smallest absolute Gasteiger partial charge is 0.245 e. The molecule has 4 nitrogen and oxygen atoms in total. The van der Waals surface area contributed by atoms with Crippen LogP contribution in [0.2, 0.25) is 0 Å². The number of halogens is 1. The lowest BCUT2D eigenvalue weighted by Gasteiger charge is -2.36. The molecular weight excluding hydrogens is 259 g/mol. The van der Waals surface area contributed by atoms with Gasteiger partial charge in [0.2, 0.25) is 11.8 Å². The maximum atomic E-state index is 13.4. The summed E-state index contributed by atoms with van der Waals surface area (Å²) in [6, 6.07) is 4.19. The van der Waals surface area contributed by atoms with E-state index in [0.717, 1.165) is 17.5 Å². The summed E-state index contributed by atoms with van der Waals surface area (Å²) in [5.41, 5.74) is 1.97. The number of carbonyl (C=O) groups excluding carboxylic acids is 2. The van der Waals surface area contributed by atoms with Gasteiger partial charge < -0.3 is 10.2 Å². The minimum atomic E-state index is -0.417. The Hall–Kier alpha value is -1.91. The minimum Gasteiger partial charge on any atom is -0.344 e. The molecule has 2 aliphatic heterocycles. The van der Waals surface area contributed by atoms with E-state index in [9.17, 15) is 14.0 Å². The van der Waals surface area contributed by atoms with Crippen molar-refractivity contribution >= 4 is 11.8 Å². The fraction of sp³-hybridized carbons (Fsp3) is 0.467. The van der Waals surface area contributed by atoms with Gasteiger partial charge in [0.05, 0.1) is 6.04 Å². The lowest BCUT2D eigenvalue weighted by atomic mass is 9.93. The van der Waals surface area contributed by atoms with E-state index < -0.39 is 6.04 Å². The Bertz CT molecular complexity index is 573. The summed E-state index contributed by atoms with van der Waals surface area (Å²) in [6.45, 7) is 2.52. The predicted octanol–water partition coefficient (Wildman–Crippen LogP) is 1.55. The molecule has 1 unspecified atom stereocenters. The van der Waals surface area contributed by atoms with Gasteiger partial charge in [0, 0.05) is 13.0 Å². The molecule has 1 fully saturated rings. The normalized spacial score (nSPS) is 25.3. The molecule has 1 aromatic rings. The Morgan fingerprint density at radius 2 is 2.20 bits per heavy atom. The van der Waals surface area contributed by atoms with Crippen LogP contribution in [0.15, 0.2) is 18.2 Å². The molecule has 1 N–H and O–H groups in total. The number of amides is 2. The van der Waals surface area contributed by atoms with Crippen molar-refractivity contribution in [2.24, 2.45) is 0 Å². The third kappa shape index (κ3) is 2.17. The number of hydrogen-bond acceptors (Lipinski definition) is 2. The SMILES string of the molecule is CC1c2cc(F)ccc2CCN1C(=O)[C@H]1CCC(=O)N1. The van der Waals surface area contributed by atoms with Gasteiger partial charge in [0.15, 0.2) is 0 Å². The number of rotatable bonds is 1. The van der Waals surface area contributed by atoms with Crippen molar-refractivity contribution in [1.29, 1.82) is 0 Å². The Kier molecular flexibility index (Phi) is 3.20. The first-order valence-electron chi connectivity index (χ1n) is 6.94. The molecule has 5 heteroatoms. The molecule has 0 bridgehead atoms. The first-order chi connectivity index (χ1) is 9.56. The first kappa shape index (κ1) is 13.1. The van der Waals surface area contributed by atoms with E-state index in [0.29, 0.717) is 19.4 Å². The molecule has 3 rings (SSSR count). The van der Waals surface area contributed by atoms with E-state index in [2.05, 4.69) is 5.32 Å². The predicted molar refractivity (Wildman–Crippen MR) is 71.4 cm³/mol. The van der Waals surface area contributed by atoms with Crippen LogP contribution in [0.5, 0.6) is 0 Å². The van der Waals surface area contributed by atoms with Crippen molar-refractivity contribution in [2.45, 2.75) is 38.3 Å². The summed E-state index contributed by atoms with van der Waals surface area (Å²) < 4.78 is 13.4. The van der Waals surface area contributed by atoms with Crippen molar-refractivity contribution in [3.63, 3.8) is 0 Å². The highest BCUT2D eigenvalue weighted by atomic mass is 19.1. The molecule has 0 saturated carbocycles. The van der Waals surface area contributed by atoms with Crippen molar-refractivity contribution < 1.29 is 14.0 Å². The quantitative estimate of drug-likeness (QED) is 0.846. The average Bonchev–Trinajstić information content (AvgIpc) is 2.86. The summed E-state index contributed by atoms with van der Waals surface area (Å²) in [5, 5.41) is 2.70. The van der Waals surface area contributed by atoms with E-state index in [1.54, 1.807) is 11.0 Å². The van der Waals surface area contributed by atoms with Gasteiger partial charge in [-0.15, -0.1) is 0 Å². The molecule has 2 heterocycles. The monoisotopic (exact) mass is 276 g/mol. The Balaban J connectivity index is 1.82. The van der Waals surface area contributed by atoms with Gasteiger partial charge in [-0.3, -0.25) is 9.59 Å². The van der Waals surface area contributed by atoms with E-state index >= 15 is 0 Å².